The first-order valence-corrected chi connectivity index (χ1v) is 10.9. The number of hydrogen-bond donors (Lipinski definition) is 3. The van der Waals surface area contributed by atoms with Crippen molar-refractivity contribution in [2.75, 3.05) is 26.3 Å². The molecule has 3 N–H and O–H groups in total. The maximum absolute atomic E-state index is 9.35. The molecule has 10 heteroatoms. The van der Waals surface area contributed by atoms with Crippen LogP contribution >= 0.6 is 11.2 Å². The van der Waals surface area contributed by atoms with Gasteiger partial charge in [-0.25, -0.2) is 9.97 Å². The van der Waals surface area contributed by atoms with E-state index in [0.717, 1.165) is 37.1 Å². The lowest BCUT2D eigenvalue weighted by Crippen LogP contribution is -2.34. The van der Waals surface area contributed by atoms with Crippen LogP contribution in [-0.4, -0.2) is 51.5 Å². The Hall–Kier alpha value is -1.95. The third-order valence-corrected chi connectivity index (χ3v) is 5.85. The number of rotatable bonds is 5. The molecule has 4 rings (SSSR count). The molecule has 2 aromatic rings. The summed E-state index contributed by atoms with van der Waals surface area (Å²) in [6.07, 6.45) is 3.49. The molecule has 2 aliphatic rings. The van der Waals surface area contributed by atoms with Gasteiger partial charge in [0.05, 0.1) is 18.8 Å². The van der Waals surface area contributed by atoms with Crippen LogP contribution in [0.4, 0.5) is 0 Å². The molecule has 0 spiro atoms. The van der Waals surface area contributed by atoms with Gasteiger partial charge in [0.1, 0.15) is 18.2 Å². The molecule has 0 bridgehead atoms. The molecule has 1 aromatic heterocycles. The van der Waals surface area contributed by atoms with Crippen LogP contribution in [0.5, 0.6) is 17.5 Å². The first-order valence-electron chi connectivity index (χ1n) is 9.54. The molecule has 0 atom stereocenters. The Morgan fingerprint density at radius 1 is 1.03 bits per heavy atom. The van der Waals surface area contributed by atoms with Gasteiger partial charge in [-0.15, -0.1) is 0 Å². The summed E-state index contributed by atoms with van der Waals surface area (Å²) < 4.78 is 40.6. The van der Waals surface area contributed by atoms with Crippen molar-refractivity contribution < 1.29 is 26.9 Å². The van der Waals surface area contributed by atoms with Crippen molar-refractivity contribution in [2.45, 2.75) is 31.8 Å². The molecule has 9 nitrogen and oxygen atoms in total. The quantitative estimate of drug-likeness (QED) is 0.665. The Kier molecular flexibility index (Phi) is 6.18. The molecule has 3 heterocycles. The average molecular weight is 423 g/mol. The standard InChI is InChI=1S/C19H25N3O6S/c1-13-18(21-12-22-19(13)28-17-6-8-20-9-7-17)27-16-4-2-14(3-5-16)15-10-25-29(23,24)26-11-15/h2-5,12,15,17,20,23-24H,6-11H2,1H3. The second kappa shape index (κ2) is 8.82. The minimum Gasteiger partial charge on any atom is -0.474 e. The van der Waals surface area contributed by atoms with Gasteiger partial charge in [0, 0.05) is 5.92 Å². The van der Waals surface area contributed by atoms with Gasteiger partial charge in [0.15, 0.2) is 0 Å². The molecular formula is C19H25N3O6S. The summed E-state index contributed by atoms with van der Waals surface area (Å²) in [5.74, 6) is 1.56. The fourth-order valence-electron chi connectivity index (χ4n) is 3.25. The predicted molar refractivity (Wildman–Crippen MR) is 107 cm³/mol. The predicted octanol–water partition coefficient (Wildman–Crippen LogP) is 3.42. The SMILES string of the molecule is Cc1c(Oc2ccc(C3COS(O)(O)OC3)cc2)ncnc1OC1CCNCC1. The zero-order valence-electron chi connectivity index (χ0n) is 16.1. The van der Waals surface area contributed by atoms with Gasteiger partial charge in [0.2, 0.25) is 22.9 Å². The van der Waals surface area contributed by atoms with Crippen molar-refractivity contribution in [3.05, 3.63) is 41.7 Å². The number of aromatic nitrogens is 2. The average Bonchev–Trinajstić information content (AvgIpc) is 2.72. The number of piperidine rings is 1. The molecular weight excluding hydrogens is 398 g/mol. The van der Waals surface area contributed by atoms with Crippen molar-refractivity contribution >= 4 is 11.2 Å². The van der Waals surface area contributed by atoms with E-state index in [2.05, 4.69) is 15.3 Å². The van der Waals surface area contributed by atoms with Crippen LogP contribution < -0.4 is 14.8 Å². The molecule has 0 saturated carbocycles. The Morgan fingerprint density at radius 2 is 1.69 bits per heavy atom. The first-order chi connectivity index (χ1) is 14.0. The topological polar surface area (TPSA) is 115 Å². The van der Waals surface area contributed by atoms with Crippen LogP contribution in [0.15, 0.2) is 30.6 Å². The Morgan fingerprint density at radius 3 is 2.38 bits per heavy atom. The van der Waals surface area contributed by atoms with Crippen molar-refractivity contribution in [3.8, 4) is 17.5 Å². The first kappa shape index (κ1) is 20.3. The number of nitrogens with zero attached hydrogens (tertiary/aromatic N) is 2. The summed E-state index contributed by atoms with van der Waals surface area (Å²) >= 11 is -3.35. The Bertz CT molecular complexity index is 819. The van der Waals surface area contributed by atoms with Crippen LogP contribution in [0.25, 0.3) is 0 Å². The minimum atomic E-state index is -3.35. The third-order valence-electron chi connectivity index (χ3n) is 4.97. The highest BCUT2D eigenvalue weighted by Crippen LogP contribution is 2.46. The van der Waals surface area contributed by atoms with Gasteiger partial charge in [-0.3, -0.25) is 17.5 Å². The maximum Gasteiger partial charge on any atom is 0.229 e. The van der Waals surface area contributed by atoms with Crippen LogP contribution in [0, 0.1) is 6.92 Å². The largest absolute Gasteiger partial charge is 0.474 e. The highest BCUT2D eigenvalue weighted by molar-refractivity contribution is 8.16. The van der Waals surface area contributed by atoms with E-state index in [1.807, 2.05) is 31.2 Å². The molecule has 29 heavy (non-hydrogen) atoms. The van der Waals surface area contributed by atoms with E-state index in [-0.39, 0.29) is 25.2 Å². The third kappa shape index (κ3) is 5.16. The van der Waals surface area contributed by atoms with Crippen molar-refractivity contribution in [1.82, 2.24) is 15.3 Å². The number of ether oxygens (including phenoxy) is 2. The molecule has 0 radical (unpaired) electrons. The Balaban J connectivity index is 1.40. The van der Waals surface area contributed by atoms with E-state index in [4.69, 9.17) is 17.8 Å². The second-order valence-corrected chi connectivity index (χ2v) is 8.43. The zero-order chi connectivity index (χ0) is 20.3. The summed E-state index contributed by atoms with van der Waals surface area (Å²) in [6.45, 7) is 4.14. The van der Waals surface area contributed by atoms with E-state index < -0.39 is 11.2 Å². The summed E-state index contributed by atoms with van der Waals surface area (Å²) in [4.78, 5) is 8.50. The monoisotopic (exact) mass is 423 g/mol. The van der Waals surface area contributed by atoms with E-state index >= 15 is 0 Å². The maximum atomic E-state index is 9.35. The van der Waals surface area contributed by atoms with Gasteiger partial charge in [0.25, 0.3) is 0 Å². The molecule has 0 unspecified atom stereocenters. The summed E-state index contributed by atoms with van der Waals surface area (Å²) in [5, 5.41) is 3.31. The minimum absolute atomic E-state index is 0.0743. The van der Waals surface area contributed by atoms with Crippen LogP contribution in [-0.2, 0) is 8.37 Å². The number of nitrogens with one attached hydrogen (secondary N) is 1. The molecule has 0 amide bonds. The highest BCUT2D eigenvalue weighted by Gasteiger charge is 2.30. The lowest BCUT2D eigenvalue weighted by atomic mass is 10.0. The van der Waals surface area contributed by atoms with Crippen LogP contribution in [0.2, 0.25) is 0 Å². The van der Waals surface area contributed by atoms with Gasteiger partial charge >= 0.3 is 0 Å². The van der Waals surface area contributed by atoms with Gasteiger partial charge in [-0.1, -0.05) is 12.1 Å². The normalized spacial score (nSPS) is 21.5. The molecule has 1 aromatic carbocycles. The van der Waals surface area contributed by atoms with Crippen molar-refractivity contribution in [1.29, 1.82) is 0 Å². The molecule has 2 saturated heterocycles. The van der Waals surface area contributed by atoms with Crippen LogP contribution in [0.1, 0.15) is 29.9 Å². The van der Waals surface area contributed by atoms with E-state index in [1.165, 1.54) is 6.33 Å². The molecule has 0 aliphatic carbocycles. The summed E-state index contributed by atoms with van der Waals surface area (Å²) in [6, 6.07) is 7.45. The molecule has 158 valence electrons. The Labute approximate surface area is 171 Å². The van der Waals surface area contributed by atoms with E-state index in [1.54, 1.807) is 0 Å². The number of hydrogen-bond acceptors (Lipinski definition) is 9. The lowest BCUT2D eigenvalue weighted by molar-refractivity contribution is 0.0917. The smallest absolute Gasteiger partial charge is 0.229 e. The summed E-state index contributed by atoms with van der Waals surface area (Å²) in [5.41, 5.74) is 1.72. The van der Waals surface area contributed by atoms with Crippen LogP contribution in [0.3, 0.4) is 0 Å². The van der Waals surface area contributed by atoms with E-state index in [0.29, 0.717) is 17.5 Å². The zero-order valence-corrected chi connectivity index (χ0v) is 16.9. The molecule has 2 aliphatic heterocycles. The lowest BCUT2D eigenvalue weighted by Gasteiger charge is -2.33. The van der Waals surface area contributed by atoms with E-state index in [9.17, 15) is 9.11 Å². The second-order valence-electron chi connectivity index (χ2n) is 7.06. The highest BCUT2D eigenvalue weighted by atomic mass is 32.3. The van der Waals surface area contributed by atoms with Gasteiger partial charge in [-0.2, -0.15) is 0 Å². The van der Waals surface area contributed by atoms with Gasteiger partial charge < -0.3 is 14.8 Å². The fourth-order valence-corrected chi connectivity index (χ4v) is 4.00. The fraction of sp³-hybridized carbons (Fsp3) is 0.474. The number of benzene rings is 1. The summed E-state index contributed by atoms with van der Waals surface area (Å²) in [7, 11) is 0. The molecule has 2 fully saturated rings. The van der Waals surface area contributed by atoms with Crippen molar-refractivity contribution in [3.63, 3.8) is 0 Å². The van der Waals surface area contributed by atoms with Gasteiger partial charge in [-0.05, 0) is 50.6 Å². The van der Waals surface area contributed by atoms with Crippen molar-refractivity contribution in [2.24, 2.45) is 0 Å².